The number of anilines is 1. The SMILES string of the molecule is CNc1cc(-c2cn(C3CC3)c3ncccc23)nc2c(C(=O)NC3CCC[C@]3(C)O)cnn12. The van der Waals surface area contributed by atoms with E-state index in [0.717, 1.165) is 53.8 Å². The van der Waals surface area contributed by atoms with E-state index in [1.165, 1.54) is 0 Å². The molecule has 4 aromatic heterocycles. The molecule has 3 N–H and O–H groups in total. The molecule has 2 aliphatic rings. The van der Waals surface area contributed by atoms with E-state index in [2.05, 4.69) is 37.5 Å². The molecule has 4 heterocycles. The van der Waals surface area contributed by atoms with E-state index in [9.17, 15) is 9.90 Å². The van der Waals surface area contributed by atoms with Crippen LogP contribution in [-0.4, -0.2) is 53.9 Å². The Balaban J connectivity index is 1.46. The molecule has 4 aromatic rings. The maximum atomic E-state index is 13.2. The molecule has 0 spiro atoms. The summed E-state index contributed by atoms with van der Waals surface area (Å²) >= 11 is 0. The number of fused-ring (bicyclic) bond motifs is 2. The van der Waals surface area contributed by atoms with E-state index in [1.807, 2.05) is 25.4 Å². The smallest absolute Gasteiger partial charge is 0.257 e. The van der Waals surface area contributed by atoms with Crippen LogP contribution in [0.3, 0.4) is 0 Å². The highest BCUT2D eigenvalue weighted by Gasteiger charge is 2.38. The molecule has 2 atom stereocenters. The van der Waals surface area contributed by atoms with Gasteiger partial charge >= 0.3 is 0 Å². The topological polar surface area (TPSA) is 109 Å². The van der Waals surface area contributed by atoms with Crippen LogP contribution in [0, 0.1) is 0 Å². The molecule has 1 amide bonds. The van der Waals surface area contributed by atoms with Gasteiger partial charge in [0.25, 0.3) is 5.91 Å². The molecule has 1 unspecified atom stereocenters. The molecule has 0 saturated heterocycles. The molecular formula is C24H27N7O2. The molecule has 6 rings (SSSR count). The van der Waals surface area contributed by atoms with Crippen LogP contribution in [0.2, 0.25) is 0 Å². The lowest BCUT2D eigenvalue weighted by Crippen LogP contribution is -2.47. The quantitative estimate of drug-likeness (QED) is 0.435. The molecule has 9 heteroatoms. The maximum absolute atomic E-state index is 13.2. The Hall–Kier alpha value is -3.46. The van der Waals surface area contributed by atoms with Crippen molar-refractivity contribution in [2.75, 3.05) is 12.4 Å². The van der Waals surface area contributed by atoms with Gasteiger partial charge in [0, 0.05) is 42.5 Å². The number of nitrogens with one attached hydrogen (secondary N) is 2. The Morgan fingerprint density at radius 1 is 1.27 bits per heavy atom. The Bertz CT molecular complexity index is 1380. The van der Waals surface area contributed by atoms with Crippen LogP contribution in [0.4, 0.5) is 5.82 Å². The standard InChI is InChI=1S/C24H27N7O2/c1-24(33)9-3-6-19(24)29-23(32)16-12-27-31-20(25-2)11-18(28-22(16)31)17-13-30(14-7-8-14)21-15(17)5-4-10-26-21/h4-5,10-14,19,25,33H,3,6-9H2,1-2H3,(H,29,32)/t19?,24-/m0/s1. The van der Waals surface area contributed by atoms with E-state index in [4.69, 9.17) is 4.98 Å². The van der Waals surface area contributed by atoms with E-state index < -0.39 is 5.60 Å². The van der Waals surface area contributed by atoms with E-state index in [0.29, 0.717) is 23.7 Å². The maximum Gasteiger partial charge on any atom is 0.257 e. The van der Waals surface area contributed by atoms with Gasteiger partial charge in [-0.1, -0.05) is 0 Å². The zero-order valence-corrected chi connectivity index (χ0v) is 18.7. The third-order valence-corrected chi connectivity index (χ3v) is 7.01. The molecule has 170 valence electrons. The Morgan fingerprint density at radius 2 is 2.12 bits per heavy atom. The highest BCUT2D eigenvalue weighted by atomic mass is 16.3. The van der Waals surface area contributed by atoms with Crippen molar-refractivity contribution in [3.05, 3.63) is 42.4 Å². The molecule has 33 heavy (non-hydrogen) atoms. The predicted molar refractivity (Wildman–Crippen MR) is 125 cm³/mol. The first-order valence-corrected chi connectivity index (χ1v) is 11.5. The molecular weight excluding hydrogens is 418 g/mol. The number of hydrogen-bond acceptors (Lipinski definition) is 6. The third kappa shape index (κ3) is 3.26. The minimum absolute atomic E-state index is 0.272. The van der Waals surface area contributed by atoms with Gasteiger partial charge in [-0.05, 0) is 51.2 Å². The first kappa shape index (κ1) is 20.2. The van der Waals surface area contributed by atoms with Gasteiger partial charge in [0.2, 0.25) is 0 Å². The van der Waals surface area contributed by atoms with Crippen LogP contribution in [0.25, 0.3) is 27.9 Å². The van der Waals surface area contributed by atoms with Crippen molar-refractivity contribution >= 4 is 28.4 Å². The lowest BCUT2D eigenvalue weighted by Gasteiger charge is -2.26. The van der Waals surface area contributed by atoms with Crippen molar-refractivity contribution in [1.82, 2.24) is 29.5 Å². The van der Waals surface area contributed by atoms with E-state index in [-0.39, 0.29) is 11.9 Å². The van der Waals surface area contributed by atoms with Crippen LogP contribution >= 0.6 is 0 Å². The van der Waals surface area contributed by atoms with Crippen LogP contribution in [0.5, 0.6) is 0 Å². The minimum atomic E-state index is -0.898. The summed E-state index contributed by atoms with van der Waals surface area (Å²) in [5, 5.41) is 22.2. The average Bonchev–Trinajstić information content (AvgIpc) is 3.30. The molecule has 2 aliphatic carbocycles. The van der Waals surface area contributed by atoms with Gasteiger partial charge in [0.05, 0.1) is 23.5 Å². The van der Waals surface area contributed by atoms with E-state index >= 15 is 0 Å². The number of rotatable bonds is 5. The first-order valence-electron chi connectivity index (χ1n) is 11.5. The highest BCUT2D eigenvalue weighted by Crippen LogP contribution is 2.40. The fourth-order valence-corrected chi connectivity index (χ4v) is 4.97. The summed E-state index contributed by atoms with van der Waals surface area (Å²) in [4.78, 5) is 22.7. The normalized spacial score (nSPS) is 22.8. The number of carbonyl (C=O) groups excluding carboxylic acids is 1. The monoisotopic (exact) mass is 445 g/mol. The Morgan fingerprint density at radius 3 is 2.85 bits per heavy atom. The molecule has 2 fully saturated rings. The summed E-state index contributed by atoms with van der Waals surface area (Å²) in [6.45, 7) is 1.78. The van der Waals surface area contributed by atoms with Crippen LogP contribution in [0.1, 0.15) is 55.4 Å². The predicted octanol–water partition coefficient (Wildman–Crippen LogP) is 3.16. The largest absolute Gasteiger partial charge is 0.388 e. The number of pyridine rings is 1. The number of nitrogens with zero attached hydrogens (tertiary/aromatic N) is 5. The van der Waals surface area contributed by atoms with Crippen LogP contribution < -0.4 is 10.6 Å². The van der Waals surface area contributed by atoms with Crippen molar-refractivity contribution in [2.45, 2.75) is 56.7 Å². The second-order valence-electron chi connectivity index (χ2n) is 9.40. The van der Waals surface area contributed by atoms with Gasteiger partial charge < -0.3 is 20.3 Å². The minimum Gasteiger partial charge on any atom is -0.388 e. The fourth-order valence-electron chi connectivity index (χ4n) is 4.97. The van der Waals surface area contributed by atoms with Gasteiger partial charge in [-0.2, -0.15) is 9.61 Å². The van der Waals surface area contributed by atoms with Gasteiger partial charge in [-0.15, -0.1) is 0 Å². The summed E-state index contributed by atoms with van der Waals surface area (Å²) in [5.74, 6) is 0.462. The summed E-state index contributed by atoms with van der Waals surface area (Å²) < 4.78 is 3.88. The number of carbonyl (C=O) groups is 1. The molecule has 0 aliphatic heterocycles. The second kappa shape index (κ2) is 7.28. The van der Waals surface area contributed by atoms with Crippen molar-refractivity contribution < 1.29 is 9.90 Å². The van der Waals surface area contributed by atoms with Gasteiger partial charge in [-0.3, -0.25) is 4.79 Å². The zero-order chi connectivity index (χ0) is 22.7. The van der Waals surface area contributed by atoms with Gasteiger partial charge in [0.1, 0.15) is 17.0 Å². The van der Waals surface area contributed by atoms with Crippen LogP contribution in [0.15, 0.2) is 36.8 Å². The van der Waals surface area contributed by atoms with Crippen molar-refractivity contribution in [3.8, 4) is 11.3 Å². The van der Waals surface area contributed by atoms with Gasteiger partial charge in [-0.25, -0.2) is 9.97 Å². The van der Waals surface area contributed by atoms with Gasteiger partial charge in [0.15, 0.2) is 5.65 Å². The Kier molecular flexibility index (Phi) is 4.45. The summed E-state index contributed by atoms with van der Waals surface area (Å²) in [7, 11) is 1.82. The summed E-state index contributed by atoms with van der Waals surface area (Å²) in [5.41, 5.74) is 2.66. The van der Waals surface area contributed by atoms with E-state index in [1.54, 1.807) is 17.6 Å². The molecule has 0 aromatic carbocycles. The highest BCUT2D eigenvalue weighted by molar-refractivity contribution is 6.01. The average molecular weight is 446 g/mol. The molecule has 2 saturated carbocycles. The lowest BCUT2D eigenvalue weighted by molar-refractivity contribution is 0.0368. The number of hydrogen-bond donors (Lipinski definition) is 3. The Labute approximate surface area is 190 Å². The number of aromatic nitrogens is 5. The van der Waals surface area contributed by atoms with Crippen molar-refractivity contribution in [1.29, 1.82) is 0 Å². The number of amides is 1. The lowest BCUT2D eigenvalue weighted by atomic mass is 10.0. The summed E-state index contributed by atoms with van der Waals surface area (Å²) in [6.07, 6.45) is 10.1. The first-order chi connectivity index (χ1) is 16.0. The summed E-state index contributed by atoms with van der Waals surface area (Å²) in [6, 6.07) is 6.15. The van der Waals surface area contributed by atoms with Crippen molar-refractivity contribution in [2.24, 2.45) is 0 Å². The number of aliphatic hydroxyl groups is 1. The second-order valence-corrected chi connectivity index (χ2v) is 9.40. The fraction of sp³-hybridized carbons (Fsp3) is 0.417. The van der Waals surface area contributed by atoms with Crippen LogP contribution in [-0.2, 0) is 0 Å². The van der Waals surface area contributed by atoms with Crippen molar-refractivity contribution in [3.63, 3.8) is 0 Å². The molecule has 9 nitrogen and oxygen atoms in total. The molecule has 0 bridgehead atoms. The zero-order valence-electron chi connectivity index (χ0n) is 18.7. The molecule has 0 radical (unpaired) electrons. The third-order valence-electron chi connectivity index (χ3n) is 7.01.